The second-order valence-corrected chi connectivity index (χ2v) is 7.10. The molecule has 1 atom stereocenters. The average Bonchev–Trinajstić information content (AvgIpc) is 3.04. The van der Waals surface area contributed by atoms with Crippen molar-refractivity contribution < 1.29 is 9.63 Å². The molecule has 2 aliphatic rings. The van der Waals surface area contributed by atoms with E-state index in [2.05, 4.69) is 25.2 Å². The van der Waals surface area contributed by atoms with E-state index in [-0.39, 0.29) is 0 Å². The first-order chi connectivity index (χ1) is 12.7. The Morgan fingerprint density at radius 3 is 3.00 bits per heavy atom. The number of fused-ring (bicyclic) bond motifs is 1. The Morgan fingerprint density at radius 1 is 1.35 bits per heavy atom. The van der Waals surface area contributed by atoms with Crippen molar-refractivity contribution in [3.63, 3.8) is 0 Å². The van der Waals surface area contributed by atoms with Crippen molar-refractivity contribution in [2.24, 2.45) is 7.05 Å². The molecule has 0 spiro atoms. The van der Waals surface area contributed by atoms with E-state index < -0.39 is 6.10 Å². The molecule has 1 aliphatic heterocycles. The number of aliphatic hydroxyl groups is 1. The smallest absolute Gasteiger partial charge is 0.240 e. The summed E-state index contributed by atoms with van der Waals surface area (Å²) in [6.07, 6.45) is 3.25. The number of aliphatic hydroxyl groups excluding tert-OH is 1. The first kappa shape index (κ1) is 15.7. The number of hydrogen-bond acceptors (Lipinski definition) is 7. The van der Waals surface area contributed by atoms with Crippen LogP contribution in [0.25, 0.3) is 0 Å². The van der Waals surface area contributed by atoms with Gasteiger partial charge in [0.25, 0.3) is 0 Å². The fourth-order valence-corrected chi connectivity index (χ4v) is 3.45. The van der Waals surface area contributed by atoms with Crippen molar-refractivity contribution in [1.82, 2.24) is 34.6 Å². The molecule has 1 saturated carbocycles. The van der Waals surface area contributed by atoms with E-state index in [4.69, 9.17) is 4.52 Å². The third-order valence-corrected chi connectivity index (χ3v) is 5.10. The summed E-state index contributed by atoms with van der Waals surface area (Å²) in [5.74, 6) is 2.03. The molecule has 0 amide bonds. The zero-order valence-electron chi connectivity index (χ0n) is 14.6. The lowest BCUT2D eigenvalue weighted by Crippen LogP contribution is -2.33. The minimum absolute atomic E-state index is 0.506. The number of aromatic nitrogens is 6. The molecule has 9 nitrogen and oxygen atoms in total. The molecule has 0 bridgehead atoms. The molecule has 26 heavy (non-hydrogen) atoms. The maximum absolute atomic E-state index is 10.6. The summed E-state index contributed by atoms with van der Waals surface area (Å²) in [5, 5.41) is 23.4. The van der Waals surface area contributed by atoms with E-state index in [1.165, 1.54) is 12.8 Å². The van der Waals surface area contributed by atoms with E-state index in [1.807, 2.05) is 23.9 Å². The Kier molecular flexibility index (Phi) is 3.64. The summed E-state index contributed by atoms with van der Waals surface area (Å²) in [6.45, 7) is 3.02. The molecular weight excluding hydrogens is 334 g/mol. The summed E-state index contributed by atoms with van der Waals surface area (Å²) in [5.41, 5.74) is 2.46. The maximum Gasteiger partial charge on any atom is 0.240 e. The van der Waals surface area contributed by atoms with Crippen molar-refractivity contribution in [3.05, 3.63) is 47.1 Å². The highest BCUT2D eigenvalue weighted by atomic mass is 16.5. The van der Waals surface area contributed by atoms with Gasteiger partial charge in [-0.3, -0.25) is 14.3 Å². The van der Waals surface area contributed by atoms with Gasteiger partial charge in [-0.25, -0.2) is 0 Å². The van der Waals surface area contributed by atoms with Crippen molar-refractivity contribution in [2.45, 2.75) is 44.5 Å². The van der Waals surface area contributed by atoms with Gasteiger partial charge in [0.2, 0.25) is 5.89 Å². The molecule has 0 radical (unpaired) electrons. The SMILES string of the molecule is Cn1nccc1[C@H](O)c1cc2n(n1)CCN(Cc1nc(C3CC3)no1)C2. The predicted octanol–water partition coefficient (Wildman–Crippen LogP) is 0.974. The largest absolute Gasteiger partial charge is 0.380 e. The van der Waals surface area contributed by atoms with E-state index in [0.717, 1.165) is 36.8 Å². The van der Waals surface area contributed by atoms with Crippen LogP contribution in [0.2, 0.25) is 0 Å². The maximum atomic E-state index is 10.6. The highest BCUT2D eigenvalue weighted by molar-refractivity contribution is 5.22. The fourth-order valence-electron chi connectivity index (χ4n) is 3.45. The van der Waals surface area contributed by atoms with Crippen LogP contribution in [0.4, 0.5) is 0 Å². The molecule has 9 heteroatoms. The zero-order valence-corrected chi connectivity index (χ0v) is 14.6. The van der Waals surface area contributed by atoms with E-state index in [9.17, 15) is 5.11 Å². The Bertz CT molecular complexity index is 923. The lowest BCUT2D eigenvalue weighted by molar-refractivity contribution is 0.178. The Balaban J connectivity index is 1.29. The zero-order chi connectivity index (χ0) is 17.7. The second kappa shape index (κ2) is 6.03. The lowest BCUT2D eigenvalue weighted by atomic mass is 10.1. The number of aryl methyl sites for hydroxylation is 1. The standard InChI is InChI=1S/C17H21N7O2/c1-22-14(4-5-18-22)16(25)13-8-12-9-23(6-7-24(12)20-13)10-15-19-17(21-26-15)11-2-3-11/h4-5,8,11,16,25H,2-3,6-7,9-10H2,1H3/t16-/m1/s1. The normalized spacial score (nSPS) is 18.8. The van der Waals surface area contributed by atoms with Crippen molar-refractivity contribution >= 4 is 0 Å². The second-order valence-electron chi connectivity index (χ2n) is 7.10. The molecule has 0 unspecified atom stereocenters. The quantitative estimate of drug-likeness (QED) is 0.728. The van der Waals surface area contributed by atoms with Gasteiger partial charge in [0.15, 0.2) is 5.82 Å². The van der Waals surface area contributed by atoms with E-state index in [0.29, 0.717) is 24.0 Å². The van der Waals surface area contributed by atoms with Gasteiger partial charge in [-0.1, -0.05) is 5.16 Å². The molecule has 1 fully saturated rings. The van der Waals surface area contributed by atoms with Crippen LogP contribution >= 0.6 is 0 Å². The highest BCUT2D eigenvalue weighted by Crippen LogP contribution is 2.38. The monoisotopic (exact) mass is 355 g/mol. The van der Waals surface area contributed by atoms with E-state index >= 15 is 0 Å². The molecule has 0 saturated heterocycles. The minimum atomic E-state index is -0.772. The van der Waals surface area contributed by atoms with Crippen LogP contribution in [0.5, 0.6) is 0 Å². The third-order valence-electron chi connectivity index (χ3n) is 5.10. The van der Waals surface area contributed by atoms with Crippen LogP contribution in [0, 0.1) is 0 Å². The lowest BCUT2D eigenvalue weighted by Gasteiger charge is -2.25. The Labute approximate surface area is 150 Å². The molecule has 3 aromatic rings. The molecular formula is C17H21N7O2. The van der Waals surface area contributed by atoms with Gasteiger partial charge >= 0.3 is 0 Å². The fraction of sp³-hybridized carbons (Fsp3) is 0.529. The predicted molar refractivity (Wildman–Crippen MR) is 89.9 cm³/mol. The van der Waals surface area contributed by atoms with Crippen LogP contribution < -0.4 is 0 Å². The van der Waals surface area contributed by atoms with Crippen LogP contribution in [-0.4, -0.2) is 46.3 Å². The van der Waals surface area contributed by atoms with Crippen LogP contribution in [0.3, 0.4) is 0 Å². The summed E-state index contributed by atoms with van der Waals surface area (Å²) < 4.78 is 9.02. The van der Waals surface area contributed by atoms with Gasteiger partial charge < -0.3 is 9.63 Å². The summed E-state index contributed by atoms with van der Waals surface area (Å²) in [6, 6.07) is 3.77. The highest BCUT2D eigenvalue weighted by Gasteiger charge is 2.29. The first-order valence-electron chi connectivity index (χ1n) is 8.95. The van der Waals surface area contributed by atoms with E-state index in [1.54, 1.807) is 10.9 Å². The van der Waals surface area contributed by atoms with Gasteiger partial charge in [-0.2, -0.15) is 15.2 Å². The van der Waals surface area contributed by atoms with Crippen molar-refractivity contribution in [3.8, 4) is 0 Å². The summed E-state index contributed by atoms with van der Waals surface area (Å²) in [4.78, 5) is 6.77. The first-order valence-corrected chi connectivity index (χ1v) is 8.95. The van der Waals surface area contributed by atoms with Crippen LogP contribution in [0.15, 0.2) is 22.9 Å². The molecule has 0 aromatic carbocycles. The Morgan fingerprint density at radius 2 is 2.23 bits per heavy atom. The minimum Gasteiger partial charge on any atom is -0.380 e. The number of nitrogens with zero attached hydrogens (tertiary/aromatic N) is 7. The molecule has 1 N–H and O–H groups in total. The van der Waals surface area contributed by atoms with Crippen LogP contribution in [-0.2, 0) is 26.7 Å². The van der Waals surface area contributed by atoms with Gasteiger partial charge in [-0.05, 0) is 25.0 Å². The van der Waals surface area contributed by atoms with Crippen molar-refractivity contribution in [1.29, 1.82) is 0 Å². The molecule has 1 aliphatic carbocycles. The summed E-state index contributed by atoms with van der Waals surface area (Å²) in [7, 11) is 1.82. The third kappa shape index (κ3) is 2.82. The van der Waals surface area contributed by atoms with Gasteiger partial charge in [0, 0.05) is 32.3 Å². The number of rotatable bonds is 5. The van der Waals surface area contributed by atoms with Crippen LogP contribution in [0.1, 0.15) is 53.7 Å². The molecule has 136 valence electrons. The molecule has 5 rings (SSSR count). The number of hydrogen-bond donors (Lipinski definition) is 1. The average molecular weight is 355 g/mol. The Hall–Kier alpha value is -2.52. The van der Waals surface area contributed by atoms with Gasteiger partial charge in [0.1, 0.15) is 6.10 Å². The van der Waals surface area contributed by atoms with Crippen molar-refractivity contribution in [2.75, 3.05) is 6.54 Å². The molecule has 4 heterocycles. The van der Waals surface area contributed by atoms with Gasteiger partial charge in [-0.15, -0.1) is 0 Å². The molecule has 3 aromatic heterocycles. The summed E-state index contributed by atoms with van der Waals surface area (Å²) >= 11 is 0. The topological polar surface area (TPSA) is 98.0 Å². The van der Waals surface area contributed by atoms with Gasteiger partial charge in [0.05, 0.1) is 30.2 Å².